The molecule has 6 heteroatoms. The van der Waals surface area contributed by atoms with Crippen molar-refractivity contribution in [1.82, 2.24) is 4.98 Å². The number of rotatable bonds is 3. The smallest absolute Gasteiger partial charge is 0.386 e. The van der Waals surface area contributed by atoms with Gasteiger partial charge in [0.25, 0.3) is 0 Å². The van der Waals surface area contributed by atoms with Crippen LogP contribution in [0.15, 0.2) is 29.6 Å². The van der Waals surface area contributed by atoms with E-state index in [2.05, 4.69) is 4.98 Å². The zero-order valence-electron chi connectivity index (χ0n) is 10.1. The van der Waals surface area contributed by atoms with Crippen molar-refractivity contribution in [2.24, 2.45) is 0 Å². The van der Waals surface area contributed by atoms with Gasteiger partial charge in [-0.15, -0.1) is 11.3 Å². The van der Waals surface area contributed by atoms with E-state index in [9.17, 15) is 18.3 Å². The molecule has 0 saturated heterocycles. The highest BCUT2D eigenvalue weighted by Gasteiger charge is 2.30. The number of alkyl halides is 3. The molecule has 0 amide bonds. The molecule has 0 saturated carbocycles. The second kappa shape index (κ2) is 5.30. The molecule has 0 spiro atoms. The van der Waals surface area contributed by atoms with Crippen molar-refractivity contribution in [1.29, 1.82) is 0 Å². The number of halogens is 3. The molecule has 19 heavy (non-hydrogen) atoms. The van der Waals surface area contributed by atoms with Gasteiger partial charge < -0.3 is 5.11 Å². The van der Waals surface area contributed by atoms with Gasteiger partial charge in [-0.25, -0.2) is 4.98 Å². The Morgan fingerprint density at radius 3 is 2.37 bits per heavy atom. The zero-order valence-corrected chi connectivity index (χ0v) is 10.9. The predicted octanol–water partition coefficient (Wildman–Crippen LogP) is 3.75. The third-order valence-electron chi connectivity index (χ3n) is 2.69. The van der Waals surface area contributed by atoms with Gasteiger partial charge in [0.2, 0.25) is 0 Å². The SMILES string of the molecule is Cc1nc(C(O)Cc2ccc(C(F)(F)F)cc2)cs1. The molecule has 0 aliphatic rings. The van der Waals surface area contributed by atoms with Crippen LogP contribution >= 0.6 is 11.3 Å². The minimum atomic E-state index is -4.33. The van der Waals surface area contributed by atoms with Crippen molar-refractivity contribution in [3.05, 3.63) is 51.5 Å². The quantitative estimate of drug-likeness (QED) is 0.932. The molecule has 0 aliphatic heterocycles. The lowest BCUT2D eigenvalue weighted by Crippen LogP contribution is -2.06. The molecule has 2 nitrogen and oxygen atoms in total. The molecule has 0 bridgehead atoms. The highest BCUT2D eigenvalue weighted by atomic mass is 32.1. The van der Waals surface area contributed by atoms with Crippen LogP contribution in [0.5, 0.6) is 0 Å². The van der Waals surface area contributed by atoms with Gasteiger partial charge in [-0.2, -0.15) is 13.2 Å². The highest BCUT2D eigenvalue weighted by Crippen LogP contribution is 2.29. The summed E-state index contributed by atoms with van der Waals surface area (Å²) in [5, 5.41) is 12.5. The number of aliphatic hydroxyl groups excluding tert-OH is 1. The van der Waals surface area contributed by atoms with Crippen LogP contribution in [-0.4, -0.2) is 10.1 Å². The molecule has 1 unspecified atom stereocenters. The van der Waals surface area contributed by atoms with Gasteiger partial charge in [0.05, 0.1) is 16.3 Å². The molecular formula is C13H12F3NOS. The first-order valence-corrected chi connectivity index (χ1v) is 6.50. The fraction of sp³-hybridized carbons (Fsp3) is 0.308. The molecule has 1 atom stereocenters. The Hall–Kier alpha value is -1.40. The summed E-state index contributed by atoms with van der Waals surface area (Å²) in [7, 11) is 0. The van der Waals surface area contributed by atoms with Crippen LogP contribution in [0.3, 0.4) is 0 Å². The topological polar surface area (TPSA) is 33.1 Å². The molecular weight excluding hydrogens is 275 g/mol. The summed E-state index contributed by atoms with van der Waals surface area (Å²) in [6.07, 6.45) is -4.87. The van der Waals surface area contributed by atoms with Crippen molar-refractivity contribution >= 4 is 11.3 Å². The van der Waals surface area contributed by atoms with Gasteiger partial charge in [-0.05, 0) is 24.6 Å². The number of aryl methyl sites for hydroxylation is 1. The summed E-state index contributed by atoms with van der Waals surface area (Å²) >= 11 is 1.43. The van der Waals surface area contributed by atoms with E-state index in [1.807, 2.05) is 6.92 Å². The maximum atomic E-state index is 12.4. The summed E-state index contributed by atoms with van der Waals surface area (Å²) in [4.78, 5) is 4.15. The second-order valence-electron chi connectivity index (χ2n) is 4.21. The lowest BCUT2D eigenvalue weighted by Gasteiger charge is -2.10. The number of hydrogen-bond acceptors (Lipinski definition) is 3. The Morgan fingerprint density at radius 1 is 1.26 bits per heavy atom. The molecule has 0 aliphatic carbocycles. The normalized spacial score (nSPS) is 13.5. The van der Waals surface area contributed by atoms with Gasteiger partial charge in [0.15, 0.2) is 0 Å². The Balaban J connectivity index is 2.07. The van der Waals surface area contributed by atoms with Gasteiger partial charge in [0, 0.05) is 11.8 Å². The minimum absolute atomic E-state index is 0.251. The van der Waals surface area contributed by atoms with E-state index in [-0.39, 0.29) is 6.42 Å². The second-order valence-corrected chi connectivity index (χ2v) is 5.27. The summed E-state index contributed by atoms with van der Waals surface area (Å²) in [5.74, 6) is 0. The standard InChI is InChI=1S/C13H12F3NOS/c1-8-17-11(7-19-8)12(18)6-9-2-4-10(5-3-9)13(14,15)16/h2-5,7,12,18H,6H2,1H3. The van der Waals surface area contributed by atoms with E-state index in [1.54, 1.807) is 5.38 Å². The maximum Gasteiger partial charge on any atom is 0.416 e. The van der Waals surface area contributed by atoms with Gasteiger partial charge in [-0.1, -0.05) is 12.1 Å². The average Bonchev–Trinajstić information content (AvgIpc) is 2.75. The number of aromatic nitrogens is 1. The Labute approximate surface area is 112 Å². The van der Waals surface area contributed by atoms with E-state index in [0.29, 0.717) is 11.3 Å². The van der Waals surface area contributed by atoms with Crippen LogP contribution in [0.2, 0.25) is 0 Å². The highest BCUT2D eigenvalue weighted by molar-refractivity contribution is 7.09. The van der Waals surface area contributed by atoms with Gasteiger partial charge >= 0.3 is 6.18 Å². The minimum Gasteiger partial charge on any atom is -0.386 e. The monoisotopic (exact) mass is 287 g/mol. The first-order valence-electron chi connectivity index (χ1n) is 5.62. The Bertz CT molecular complexity index is 548. The summed E-state index contributed by atoms with van der Waals surface area (Å²) in [6.45, 7) is 1.83. The average molecular weight is 287 g/mol. The van der Waals surface area contributed by atoms with Crippen molar-refractivity contribution in [2.75, 3.05) is 0 Å². The molecule has 2 aromatic rings. The largest absolute Gasteiger partial charge is 0.416 e. The molecule has 1 aromatic heterocycles. The van der Waals surface area contributed by atoms with Crippen molar-refractivity contribution in [2.45, 2.75) is 25.6 Å². The lowest BCUT2D eigenvalue weighted by atomic mass is 10.0. The number of nitrogens with zero attached hydrogens (tertiary/aromatic N) is 1. The first-order chi connectivity index (χ1) is 8.86. The van der Waals surface area contributed by atoms with E-state index in [1.165, 1.54) is 23.5 Å². The van der Waals surface area contributed by atoms with Crippen molar-refractivity contribution in [3.63, 3.8) is 0 Å². The Kier molecular flexibility index (Phi) is 3.91. The van der Waals surface area contributed by atoms with Crippen LogP contribution in [0.1, 0.15) is 27.9 Å². The van der Waals surface area contributed by atoms with Crippen LogP contribution < -0.4 is 0 Å². The first kappa shape index (κ1) is 14.0. The molecule has 2 rings (SSSR count). The van der Waals surface area contributed by atoms with Gasteiger partial charge in [-0.3, -0.25) is 0 Å². The zero-order chi connectivity index (χ0) is 14.0. The molecule has 0 radical (unpaired) electrons. The van der Waals surface area contributed by atoms with E-state index >= 15 is 0 Å². The fourth-order valence-corrected chi connectivity index (χ4v) is 2.35. The molecule has 1 heterocycles. The van der Waals surface area contributed by atoms with E-state index < -0.39 is 17.8 Å². The van der Waals surface area contributed by atoms with E-state index in [0.717, 1.165) is 17.1 Å². The molecule has 102 valence electrons. The van der Waals surface area contributed by atoms with Crippen molar-refractivity contribution < 1.29 is 18.3 Å². The summed E-state index contributed by atoms with van der Waals surface area (Å²) in [6, 6.07) is 4.80. The van der Waals surface area contributed by atoms with Crippen molar-refractivity contribution in [3.8, 4) is 0 Å². The van der Waals surface area contributed by atoms with Crippen LogP contribution in [0.4, 0.5) is 13.2 Å². The lowest BCUT2D eigenvalue weighted by molar-refractivity contribution is -0.137. The van der Waals surface area contributed by atoms with Gasteiger partial charge in [0.1, 0.15) is 6.10 Å². The molecule has 1 N–H and O–H groups in total. The third-order valence-corrected chi connectivity index (χ3v) is 3.48. The third kappa shape index (κ3) is 3.54. The number of aliphatic hydroxyl groups is 1. The fourth-order valence-electron chi connectivity index (χ4n) is 1.69. The number of thiazole rings is 1. The van der Waals surface area contributed by atoms with E-state index in [4.69, 9.17) is 0 Å². The number of benzene rings is 1. The maximum absolute atomic E-state index is 12.4. The van der Waals surface area contributed by atoms with Crippen LogP contribution in [0, 0.1) is 6.92 Å². The molecule has 1 aromatic carbocycles. The van der Waals surface area contributed by atoms with Crippen LogP contribution in [0.25, 0.3) is 0 Å². The van der Waals surface area contributed by atoms with Crippen LogP contribution in [-0.2, 0) is 12.6 Å². The molecule has 0 fully saturated rings. The number of hydrogen-bond donors (Lipinski definition) is 1. The summed E-state index contributed by atoms with van der Waals surface area (Å²) in [5.41, 5.74) is 0.517. The summed E-state index contributed by atoms with van der Waals surface area (Å²) < 4.78 is 37.2. The Morgan fingerprint density at radius 2 is 1.89 bits per heavy atom. The predicted molar refractivity (Wildman–Crippen MR) is 67.0 cm³/mol.